The molecule has 2 N–H and O–H groups in total. The van der Waals surface area contributed by atoms with E-state index in [0.29, 0.717) is 18.4 Å². The first kappa shape index (κ1) is 13.9. The van der Waals surface area contributed by atoms with Gasteiger partial charge in [-0.3, -0.25) is 9.69 Å². The summed E-state index contributed by atoms with van der Waals surface area (Å²) in [6.07, 6.45) is 0. The van der Waals surface area contributed by atoms with Gasteiger partial charge in [0, 0.05) is 18.6 Å². The summed E-state index contributed by atoms with van der Waals surface area (Å²) in [4.78, 5) is 13.0. The molecule has 0 aliphatic carbocycles. The topological polar surface area (TPSA) is 52.6 Å². The van der Waals surface area contributed by atoms with Crippen LogP contribution in [0, 0.1) is 0 Å². The largest absolute Gasteiger partial charge is 0.395 e. The third-order valence-electron chi connectivity index (χ3n) is 2.31. The maximum absolute atomic E-state index is 11.0. The van der Waals surface area contributed by atoms with Crippen LogP contribution in [0.15, 0.2) is 0 Å². The molecule has 0 aromatic rings. The van der Waals surface area contributed by atoms with Crippen molar-refractivity contribution in [2.45, 2.75) is 19.4 Å². The molecule has 5 heteroatoms. The number of rotatable bonds is 6. The summed E-state index contributed by atoms with van der Waals surface area (Å²) in [5.41, 5.74) is -0.138. The number of carbonyl (C=O) groups is 1. The molecule has 0 saturated carbocycles. The number of hydrogen-bond acceptors (Lipinski definition) is 3. The molecule has 0 spiro atoms. The molecule has 0 bridgehead atoms. The molecule has 0 atom stereocenters. The molecule has 0 radical (unpaired) electrons. The van der Waals surface area contributed by atoms with Gasteiger partial charge in [0.1, 0.15) is 0 Å². The molecular weight excluding hydrogens is 248 g/mol. The van der Waals surface area contributed by atoms with Crippen LogP contribution in [0.1, 0.15) is 13.8 Å². The van der Waals surface area contributed by atoms with Crippen molar-refractivity contribution in [3.8, 4) is 0 Å². The van der Waals surface area contributed by atoms with Crippen molar-refractivity contribution in [1.29, 1.82) is 0 Å². The Hall–Kier alpha value is -0.130. The number of nitrogens with zero attached hydrogens (tertiary/aromatic N) is 1. The molecule has 0 heterocycles. The first-order valence-electron chi connectivity index (χ1n) is 4.59. The Balaban J connectivity index is 3.99. The predicted octanol–water partition coefficient (Wildman–Crippen LogP) is 0.200. The monoisotopic (exact) mass is 266 g/mol. The lowest BCUT2D eigenvalue weighted by molar-refractivity contribution is -0.119. The van der Waals surface area contributed by atoms with Crippen LogP contribution in [0.4, 0.5) is 0 Å². The van der Waals surface area contributed by atoms with Crippen LogP contribution in [0.5, 0.6) is 0 Å². The van der Waals surface area contributed by atoms with Gasteiger partial charge >= 0.3 is 0 Å². The molecule has 0 saturated heterocycles. The summed E-state index contributed by atoms with van der Waals surface area (Å²) in [5, 5.41) is 11.9. The van der Waals surface area contributed by atoms with E-state index in [4.69, 9.17) is 5.11 Å². The summed E-state index contributed by atoms with van der Waals surface area (Å²) in [5.74, 6) is -0.0181. The number of carbonyl (C=O) groups excluding carboxylic acids is 1. The van der Waals surface area contributed by atoms with E-state index < -0.39 is 0 Å². The minimum Gasteiger partial charge on any atom is -0.395 e. The maximum Gasteiger partial charge on any atom is 0.230 e. The quantitative estimate of drug-likeness (QED) is 0.676. The van der Waals surface area contributed by atoms with Gasteiger partial charge in [0.2, 0.25) is 5.91 Å². The van der Waals surface area contributed by atoms with Crippen molar-refractivity contribution < 1.29 is 9.90 Å². The van der Waals surface area contributed by atoms with Crippen LogP contribution in [-0.2, 0) is 4.79 Å². The second-order valence-corrected chi connectivity index (χ2v) is 4.43. The number of nitrogens with one attached hydrogen (secondary N) is 1. The highest BCUT2D eigenvalue weighted by molar-refractivity contribution is 9.09. The molecular formula is C9H19BrN2O2. The highest BCUT2D eigenvalue weighted by Crippen LogP contribution is 2.09. The van der Waals surface area contributed by atoms with Crippen LogP contribution >= 0.6 is 15.9 Å². The van der Waals surface area contributed by atoms with Gasteiger partial charge in [-0.2, -0.15) is 0 Å². The Labute approximate surface area is 93.8 Å². The fourth-order valence-electron chi connectivity index (χ4n) is 0.950. The number of hydrogen-bond donors (Lipinski definition) is 2. The fraction of sp³-hybridized carbons (Fsp3) is 0.889. The molecule has 0 aliphatic heterocycles. The van der Waals surface area contributed by atoms with Gasteiger partial charge in [0.15, 0.2) is 0 Å². The van der Waals surface area contributed by atoms with E-state index in [9.17, 15) is 4.79 Å². The number of aliphatic hydroxyl groups excluding tert-OH is 1. The smallest absolute Gasteiger partial charge is 0.230 e. The number of aliphatic hydroxyl groups is 1. The zero-order chi connectivity index (χ0) is 11.2. The van der Waals surface area contributed by atoms with E-state index >= 15 is 0 Å². The minimum atomic E-state index is -0.138. The molecule has 0 aliphatic rings. The summed E-state index contributed by atoms with van der Waals surface area (Å²) in [6, 6.07) is 0. The number of halogens is 1. The molecule has 14 heavy (non-hydrogen) atoms. The van der Waals surface area contributed by atoms with Crippen molar-refractivity contribution in [2.24, 2.45) is 0 Å². The van der Waals surface area contributed by atoms with Gasteiger partial charge in [-0.15, -0.1) is 0 Å². The molecule has 0 aromatic carbocycles. The molecule has 1 amide bonds. The minimum absolute atomic E-state index is 0.0181. The summed E-state index contributed by atoms with van der Waals surface area (Å²) < 4.78 is 0. The molecule has 0 rings (SSSR count). The van der Waals surface area contributed by atoms with Crippen molar-refractivity contribution in [3.63, 3.8) is 0 Å². The second-order valence-electron chi connectivity index (χ2n) is 3.87. The van der Waals surface area contributed by atoms with Crippen LogP contribution in [0.3, 0.4) is 0 Å². The van der Waals surface area contributed by atoms with Crippen LogP contribution in [-0.4, -0.2) is 53.5 Å². The zero-order valence-electron chi connectivity index (χ0n) is 9.01. The van der Waals surface area contributed by atoms with Crippen molar-refractivity contribution in [1.82, 2.24) is 10.2 Å². The Morgan fingerprint density at radius 2 is 2.14 bits per heavy atom. The standard InChI is InChI=1S/C9H19BrN2O2/c1-9(2,12(3)4-5-13)7-11-8(14)6-10/h13H,4-7H2,1-3H3,(H,11,14). The lowest BCUT2D eigenvalue weighted by atomic mass is 10.0. The average Bonchev–Trinajstić information content (AvgIpc) is 2.14. The summed E-state index contributed by atoms with van der Waals surface area (Å²) in [7, 11) is 1.93. The van der Waals surface area contributed by atoms with E-state index in [-0.39, 0.29) is 18.1 Å². The van der Waals surface area contributed by atoms with Gasteiger partial charge < -0.3 is 10.4 Å². The number of alkyl halides is 1. The third kappa shape index (κ3) is 4.93. The Morgan fingerprint density at radius 1 is 1.57 bits per heavy atom. The van der Waals surface area contributed by atoms with Gasteiger partial charge in [0.05, 0.1) is 11.9 Å². The van der Waals surface area contributed by atoms with Crippen LogP contribution in [0.2, 0.25) is 0 Å². The highest BCUT2D eigenvalue weighted by atomic mass is 79.9. The molecule has 0 unspecified atom stereocenters. The van der Waals surface area contributed by atoms with Gasteiger partial charge in [-0.25, -0.2) is 0 Å². The number of β-amino-alcohol motifs (C(OH)–C–C–N with tert-alkyl or cyclic N) is 1. The fourth-order valence-corrected chi connectivity index (χ4v) is 1.15. The van der Waals surface area contributed by atoms with E-state index in [1.807, 2.05) is 25.8 Å². The Kier molecular flexibility index (Phi) is 6.31. The van der Waals surface area contributed by atoms with E-state index in [2.05, 4.69) is 21.2 Å². The predicted molar refractivity (Wildman–Crippen MR) is 60.6 cm³/mol. The third-order valence-corrected chi connectivity index (χ3v) is 2.82. The molecule has 84 valence electrons. The van der Waals surface area contributed by atoms with Crippen LogP contribution in [0.25, 0.3) is 0 Å². The van der Waals surface area contributed by atoms with Crippen molar-refractivity contribution >= 4 is 21.8 Å². The first-order valence-corrected chi connectivity index (χ1v) is 5.71. The van der Waals surface area contributed by atoms with Gasteiger partial charge in [-0.05, 0) is 20.9 Å². The molecule has 0 fully saturated rings. The number of amides is 1. The highest BCUT2D eigenvalue weighted by Gasteiger charge is 2.23. The number of likely N-dealkylation sites (N-methyl/N-ethyl adjacent to an activating group) is 1. The summed E-state index contributed by atoms with van der Waals surface area (Å²) in [6.45, 7) is 5.37. The maximum atomic E-state index is 11.0. The van der Waals surface area contributed by atoms with Gasteiger partial charge in [-0.1, -0.05) is 15.9 Å². The zero-order valence-corrected chi connectivity index (χ0v) is 10.6. The van der Waals surface area contributed by atoms with Crippen LogP contribution < -0.4 is 5.32 Å². The Bertz CT molecular complexity index is 186. The molecule has 4 nitrogen and oxygen atoms in total. The summed E-state index contributed by atoms with van der Waals surface area (Å²) >= 11 is 3.08. The first-order chi connectivity index (χ1) is 6.44. The van der Waals surface area contributed by atoms with Crippen molar-refractivity contribution in [3.05, 3.63) is 0 Å². The SMILES string of the molecule is CN(CCO)C(C)(C)CNC(=O)CBr. The average molecular weight is 267 g/mol. The van der Waals surface area contributed by atoms with E-state index in [1.54, 1.807) is 0 Å². The second kappa shape index (κ2) is 6.37. The Morgan fingerprint density at radius 3 is 2.57 bits per heavy atom. The van der Waals surface area contributed by atoms with Crippen molar-refractivity contribution in [2.75, 3.05) is 32.1 Å². The molecule has 0 aromatic heterocycles. The normalized spacial score (nSPS) is 11.9. The van der Waals surface area contributed by atoms with E-state index in [1.165, 1.54) is 0 Å². The lowest BCUT2D eigenvalue weighted by Gasteiger charge is -2.35. The van der Waals surface area contributed by atoms with Gasteiger partial charge in [0.25, 0.3) is 0 Å². The van der Waals surface area contributed by atoms with E-state index in [0.717, 1.165) is 0 Å². The lowest BCUT2D eigenvalue weighted by Crippen LogP contribution is -2.50.